The molecule has 0 bridgehead atoms. The fourth-order valence-electron chi connectivity index (χ4n) is 3.16. The number of rotatable bonds is 2. The van der Waals surface area contributed by atoms with Gasteiger partial charge < -0.3 is 10.6 Å². The van der Waals surface area contributed by atoms with Crippen LogP contribution in [0.2, 0.25) is 0 Å². The smallest absolute Gasteiger partial charge is 0.125 e. The number of hydrogen-bond donors (Lipinski definition) is 1. The molecule has 0 amide bonds. The Balaban J connectivity index is 2.01. The molecule has 1 aliphatic heterocycles. The van der Waals surface area contributed by atoms with Crippen LogP contribution >= 0.6 is 0 Å². The van der Waals surface area contributed by atoms with Crippen LogP contribution in [0.15, 0.2) is 42.5 Å². The minimum atomic E-state index is -0.209. The second-order valence-corrected chi connectivity index (χ2v) is 7.02. The first-order valence-electron chi connectivity index (χ1n) is 7.76. The predicted molar refractivity (Wildman–Crippen MR) is 89.5 cm³/mol. The summed E-state index contributed by atoms with van der Waals surface area (Å²) in [4.78, 5) is 2.19. The van der Waals surface area contributed by atoms with Gasteiger partial charge in [0.1, 0.15) is 5.82 Å². The van der Waals surface area contributed by atoms with Gasteiger partial charge in [-0.1, -0.05) is 45.0 Å². The van der Waals surface area contributed by atoms with Crippen LogP contribution in [-0.4, -0.2) is 6.54 Å². The number of nitrogens with zero attached hydrogens (tertiary/aromatic N) is 1. The molecule has 0 aliphatic carbocycles. The number of nitrogens with two attached hydrogens (primary N) is 1. The number of fused-ring (bicyclic) bond motifs is 1. The average molecular weight is 298 g/mol. The van der Waals surface area contributed by atoms with Gasteiger partial charge >= 0.3 is 0 Å². The number of hydrogen-bond acceptors (Lipinski definition) is 2. The molecule has 3 rings (SSSR count). The van der Waals surface area contributed by atoms with E-state index in [9.17, 15) is 4.39 Å². The SMILES string of the molecule is CC(C)(C)c1ccc2c(c1)C(CN)N(c1cccc(F)c1)C2. The lowest BCUT2D eigenvalue weighted by atomic mass is 9.85. The van der Waals surface area contributed by atoms with Crippen LogP contribution in [0.4, 0.5) is 10.1 Å². The van der Waals surface area contributed by atoms with Gasteiger partial charge in [-0.25, -0.2) is 4.39 Å². The first-order valence-corrected chi connectivity index (χ1v) is 7.76. The summed E-state index contributed by atoms with van der Waals surface area (Å²) < 4.78 is 13.5. The van der Waals surface area contributed by atoms with Crippen molar-refractivity contribution < 1.29 is 4.39 Å². The zero-order valence-corrected chi connectivity index (χ0v) is 13.4. The van der Waals surface area contributed by atoms with E-state index in [1.165, 1.54) is 22.8 Å². The minimum Gasteiger partial charge on any atom is -0.359 e. The zero-order chi connectivity index (χ0) is 15.9. The topological polar surface area (TPSA) is 29.3 Å². The zero-order valence-electron chi connectivity index (χ0n) is 13.4. The summed E-state index contributed by atoms with van der Waals surface area (Å²) >= 11 is 0. The summed E-state index contributed by atoms with van der Waals surface area (Å²) in [6.07, 6.45) is 0. The maximum atomic E-state index is 13.5. The standard InChI is InChI=1S/C19H23FN2/c1-19(2,3)14-8-7-13-12-22(18(11-21)17(13)9-14)16-6-4-5-15(20)10-16/h4-10,18H,11-12,21H2,1-3H3. The van der Waals surface area contributed by atoms with E-state index in [-0.39, 0.29) is 17.3 Å². The van der Waals surface area contributed by atoms with Crippen LogP contribution in [0.1, 0.15) is 43.5 Å². The molecule has 0 radical (unpaired) electrons. The third kappa shape index (κ3) is 2.61. The molecule has 2 N–H and O–H groups in total. The van der Waals surface area contributed by atoms with Crippen LogP contribution in [0, 0.1) is 5.82 Å². The van der Waals surface area contributed by atoms with E-state index in [4.69, 9.17) is 5.73 Å². The van der Waals surface area contributed by atoms with Crippen molar-refractivity contribution in [2.24, 2.45) is 5.73 Å². The largest absolute Gasteiger partial charge is 0.359 e. The Morgan fingerprint density at radius 2 is 1.95 bits per heavy atom. The molecule has 1 atom stereocenters. The average Bonchev–Trinajstić information content (AvgIpc) is 2.83. The van der Waals surface area contributed by atoms with Crippen molar-refractivity contribution in [2.45, 2.75) is 38.8 Å². The summed E-state index contributed by atoms with van der Waals surface area (Å²) in [5.74, 6) is -0.209. The van der Waals surface area contributed by atoms with Crippen LogP contribution in [0.3, 0.4) is 0 Å². The second kappa shape index (κ2) is 5.40. The first-order chi connectivity index (χ1) is 10.4. The molecule has 22 heavy (non-hydrogen) atoms. The molecule has 0 aromatic heterocycles. The lowest BCUT2D eigenvalue weighted by Crippen LogP contribution is -2.27. The van der Waals surface area contributed by atoms with Gasteiger partial charge in [-0.05, 0) is 40.3 Å². The van der Waals surface area contributed by atoms with E-state index in [0.29, 0.717) is 6.54 Å². The van der Waals surface area contributed by atoms with Crippen LogP contribution in [0.25, 0.3) is 0 Å². The van der Waals surface area contributed by atoms with Crippen molar-refractivity contribution in [2.75, 3.05) is 11.4 Å². The fraction of sp³-hybridized carbons (Fsp3) is 0.368. The molecule has 2 aromatic carbocycles. The van der Waals surface area contributed by atoms with Crippen molar-refractivity contribution in [1.29, 1.82) is 0 Å². The highest BCUT2D eigenvalue weighted by Gasteiger charge is 2.30. The van der Waals surface area contributed by atoms with Crippen molar-refractivity contribution >= 4 is 5.69 Å². The van der Waals surface area contributed by atoms with Crippen LogP contribution in [-0.2, 0) is 12.0 Å². The van der Waals surface area contributed by atoms with E-state index in [2.05, 4.69) is 43.9 Å². The minimum absolute atomic E-state index is 0.110. The number of halogens is 1. The molecule has 1 unspecified atom stereocenters. The van der Waals surface area contributed by atoms with Crippen molar-refractivity contribution in [3.8, 4) is 0 Å². The van der Waals surface area contributed by atoms with Crippen LogP contribution < -0.4 is 10.6 Å². The van der Waals surface area contributed by atoms with Crippen LogP contribution in [0.5, 0.6) is 0 Å². The van der Waals surface area contributed by atoms with Crippen molar-refractivity contribution in [3.05, 3.63) is 65.0 Å². The molecular weight excluding hydrogens is 275 g/mol. The molecule has 0 saturated heterocycles. The Morgan fingerprint density at radius 1 is 1.18 bits per heavy atom. The van der Waals surface area contributed by atoms with Gasteiger partial charge in [-0.2, -0.15) is 0 Å². The van der Waals surface area contributed by atoms with Gasteiger partial charge in [-0.3, -0.25) is 0 Å². The molecule has 1 heterocycles. The number of anilines is 1. The summed E-state index contributed by atoms with van der Waals surface area (Å²) in [5.41, 5.74) is 10.9. The third-order valence-corrected chi connectivity index (χ3v) is 4.45. The van der Waals surface area contributed by atoms with E-state index in [1.54, 1.807) is 12.1 Å². The maximum Gasteiger partial charge on any atom is 0.125 e. The Kier molecular flexibility index (Phi) is 3.69. The van der Waals surface area contributed by atoms with E-state index in [0.717, 1.165) is 12.2 Å². The van der Waals surface area contributed by atoms with Gasteiger partial charge in [0, 0.05) is 18.8 Å². The number of benzene rings is 2. The Hall–Kier alpha value is -1.87. The molecule has 0 fully saturated rings. The highest BCUT2D eigenvalue weighted by atomic mass is 19.1. The fourth-order valence-corrected chi connectivity index (χ4v) is 3.16. The quantitative estimate of drug-likeness (QED) is 0.902. The molecule has 2 nitrogen and oxygen atoms in total. The summed E-state index contributed by atoms with van der Waals surface area (Å²) in [6.45, 7) is 7.95. The summed E-state index contributed by atoms with van der Waals surface area (Å²) in [6, 6.07) is 13.5. The normalized spacial score (nSPS) is 17.7. The third-order valence-electron chi connectivity index (χ3n) is 4.45. The Morgan fingerprint density at radius 3 is 2.59 bits per heavy atom. The molecule has 0 saturated carbocycles. The first kappa shape index (κ1) is 15.0. The molecule has 2 aromatic rings. The Bertz CT molecular complexity index is 688. The second-order valence-electron chi connectivity index (χ2n) is 7.02. The van der Waals surface area contributed by atoms with Gasteiger partial charge in [0.05, 0.1) is 6.04 Å². The molecule has 0 spiro atoms. The summed E-state index contributed by atoms with van der Waals surface area (Å²) in [5, 5.41) is 0. The van der Waals surface area contributed by atoms with Gasteiger partial charge in [0.15, 0.2) is 0 Å². The highest BCUT2D eigenvalue weighted by Crippen LogP contribution is 2.39. The van der Waals surface area contributed by atoms with Crippen molar-refractivity contribution in [1.82, 2.24) is 0 Å². The van der Waals surface area contributed by atoms with E-state index >= 15 is 0 Å². The molecule has 3 heteroatoms. The maximum absolute atomic E-state index is 13.5. The molecule has 1 aliphatic rings. The van der Waals surface area contributed by atoms with Gasteiger partial charge in [0.25, 0.3) is 0 Å². The monoisotopic (exact) mass is 298 g/mol. The molecule has 116 valence electrons. The van der Waals surface area contributed by atoms with E-state index in [1.807, 2.05) is 6.07 Å². The van der Waals surface area contributed by atoms with Gasteiger partial charge in [-0.15, -0.1) is 0 Å². The molecular formula is C19H23FN2. The van der Waals surface area contributed by atoms with E-state index < -0.39 is 0 Å². The predicted octanol–water partition coefficient (Wildman–Crippen LogP) is 4.14. The lowest BCUT2D eigenvalue weighted by Gasteiger charge is -2.27. The van der Waals surface area contributed by atoms with Gasteiger partial charge in [0.2, 0.25) is 0 Å². The summed E-state index contributed by atoms with van der Waals surface area (Å²) in [7, 11) is 0. The Labute approximate surface area is 131 Å². The lowest BCUT2D eigenvalue weighted by molar-refractivity contribution is 0.587. The van der Waals surface area contributed by atoms with Crippen molar-refractivity contribution in [3.63, 3.8) is 0 Å². The highest BCUT2D eigenvalue weighted by molar-refractivity contribution is 5.56.